The van der Waals surface area contributed by atoms with E-state index in [9.17, 15) is 30.7 Å². The highest BCUT2D eigenvalue weighted by Gasteiger charge is 2.38. The first-order valence-corrected chi connectivity index (χ1v) is 12.2. The van der Waals surface area contributed by atoms with Crippen molar-refractivity contribution in [3.8, 4) is 16.9 Å². The Labute approximate surface area is 220 Å². The molecule has 3 aromatic rings. The number of halogens is 7. The summed E-state index contributed by atoms with van der Waals surface area (Å²) in [6, 6.07) is 5.52. The second-order valence-electron chi connectivity index (χ2n) is 9.04. The molecule has 3 aromatic carbocycles. The highest BCUT2D eigenvalue weighted by Crippen LogP contribution is 2.37. The molecule has 0 N–H and O–H groups in total. The smallest absolute Gasteiger partial charge is 0.429 e. The van der Waals surface area contributed by atoms with Crippen molar-refractivity contribution in [3.05, 3.63) is 88.7 Å². The van der Waals surface area contributed by atoms with E-state index in [-0.39, 0.29) is 35.8 Å². The van der Waals surface area contributed by atoms with Crippen LogP contribution in [0.15, 0.2) is 48.5 Å². The molecular formula is C28H25F7O4. The Kier molecular flexibility index (Phi) is 9.14. The molecule has 1 saturated heterocycles. The highest BCUT2D eigenvalue weighted by molar-refractivity contribution is 5.65. The van der Waals surface area contributed by atoms with E-state index in [0.29, 0.717) is 37.5 Å². The molecule has 0 spiro atoms. The quantitative estimate of drug-likeness (QED) is 0.189. The van der Waals surface area contributed by atoms with Gasteiger partial charge in [0.05, 0.1) is 25.4 Å². The van der Waals surface area contributed by atoms with Crippen molar-refractivity contribution in [1.29, 1.82) is 0 Å². The fourth-order valence-electron chi connectivity index (χ4n) is 3.94. The maximum absolute atomic E-state index is 15.0. The average Bonchev–Trinajstić information content (AvgIpc) is 2.90. The van der Waals surface area contributed by atoms with Crippen LogP contribution >= 0.6 is 0 Å². The number of rotatable bonds is 10. The van der Waals surface area contributed by atoms with E-state index in [1.54, 1.807) is 0 Å². The van der Waals surface area contributed by atoms with Crippen LogP contribution in [0.5, 0.6) is 5.75 Å². The van der Waals surface area contributed by atoms with E-state index in [4.69, 9.17) is 14.2 Å². The molecule has 4 nitrogen and oxygen atoms in total. The van der Waals surface area contributed by atoms with Crippen LogP contribution in [0.3, 0.4) is 0 Å². The number of alkyl halides is 2. The first-order chi connectivity index (χ1) is 18.6. The van der Waals surface area contributed by atoms with Crippen LogP contribution in [-0.2, 0) is 20.3 Å². The fourth-order valence-corrected chi connectivity index (χ4v) is 3.94. The van der Waals surface area contributed by atoms with E-state index in [2.05, 4.69) is 4.74 Å². The molecule has 11 heteroatoms. The van der Waals surface area contributed by atoms with Crippen molar-refractivity contribution < 1.29 is 49.7 Å². The van der Waals surface area contributed by atoms with E-state index in [1.165, 1.54) is 0 Å². The molecule has 1 fully saturated rings. The van der Waals surface area contributed by atoms with Gasteiger partial charge in [0, 0.05) is 29.7 Å². The Hall–Kier alpha value is -3.15. The Bertz CT molecular complexity index is 1290. The van der Waals surface area contributed by atoms with Gasteiger partial charge in [0.1, 0.15) is 23.2 Å². The van der Waals surface area contributed by atoms with E-state index >= 15 is 0 Å². The number of hydrogen-bond acceptors (Lipinski definition) is 4. The Morgan fingerprint density at radius 2 is 1.56 bits per heavy atom. The molecule has 0 atom stereocenters. The third-order valence-electron chi connectivity index (χ3n) is 6.03. The van der Waals surface area contributed by atoms with Gasteiger partial charge in [-0.15, -0.1) is 0 Å². The minimum absolute atomic E-state index is 0.0593. The number of unbranched alkanes of at least 4 members (excludes halogenated alkanes) is 1. The normalized spacial score (nSPS) is 17.8. The summed E-state index contributed by atoms with van der Waals surface area (Å²) in [6.07, 6.45) is -3.52. The summed E-state index contributed by atoms with van der Waals surface area (Å²) in [4.78, 5) is 0. The third-order valence-corrected chi connectivity index (χ3v) is 6.03. The van der Waals surface area contributed by atoms with Crippen LogP contribution in [0.4, 0.5) is 30.7 Å². The maximum Gasteiger partial charge on any atom is 0.429 e. The van der Waals surface area contributed by atoms with Gasteiger partial charge in [-0.1, -0.05) is 19.4 Å². The standard InChI is InChI=1S/C28H25F7O4/c1-2-3-8-36-13-16-14-37-27(38-15-16)20-12-23(30)19(11-24(20)31)17-4-6-21(25(32)9-17)28(34,35)39-18-5-7-22(29)26(33)10-18/h4-7,9-12,16,27H,2-3,8,13-15H2,1H3. The third kappa shape index (κ3) is 6.90. The van der Waals surface area contributed by atoms with Crippen molar-refractivity contribution in [1.82, 2.24) is 0 Å². The number of ether oxygens (including phenoxy) is 4. The zero-order chi connectivity index (χ0) is 28.2. The molecule has 0 bridgehead atoms. The lowest BCUT2D eigenvalue weighted by Crippen LogP contribution is -2.30. The predicted octanol–water partition coefficient (Wildman–Crippen LogP) is 7.66. The molecule has 0 aromatic heterocycles. The first-order valence-electron chi connectivity index (χ1n) is 12.2. The van der Waals surface area contributed by atoms with Gasteiger partial charge in [-0.05, 0) is 48.4 Å². The lowest BCUT2D eigenvalue weighted by atomic mass is 10.00. The molecule has 210 valence electrons. The minimum atomic E-state index is -4.28. The largest absolute Gasteiger partial charge is 0.429 e. The summed E-state index contributed by atoms with van der Waals surface area (Å²) in [5.41, 5.74) is -2.06. The van der Waals surface area contributed by atoms with Gasteiger partial charge in [-0.25, -0.2) is 22.0 Å². The Morgan fingerprint density at radius 1 is 0.821 bits per heavy atom. The van der Waals surface area contributed by atoms with Gasteiger partial charge >= 0.3 is 6.11 Å². The molecule has 1 heterocycles. The summed E-state index contributed by atoms with van der Waals surface area (Å²) in [7, 11) is 0. The molecule has 1 aliphatic rings. The molecule has 39 heavy (non-hydrogen) atoms. The van der Waals surface area contributed by atoms with Crippen LogP contribution in [0.1, 0.15) is 37.2 Å². The second kappa shape index (κ2) is 12.4. The van der Waals surface area contributed by atoms with Gasteiger partial charge in [0.25, 0.3) is 0 Å². The lowest BCUT2D eigenvalue weighted by molar-refractivity contribution is -0.213. The van der Waals surface area contributed by atoms with Crippen molar-refractivity contribution in [2.45, 2.75) is 32.2 Å². The minimum Gasteiger partial charge on any atom is -0.429 e. The summed E-state index contributed by atoms with van der Waals surface area (Å²) in [5.74, 6) is -6.86. The maximum atomic E-state index is 15.0. The Balaban J connectivity index is 1.47. The average molecular weight is 558 g/mol. The molecular weight excluding hydrogens is 533 g/mol. The molecule has 0 amide bonds. The van der Waals surface area contributed by atoms with Crippen molar-refractivity contribution in [2.75, 3.05) is 26.4 Å². The zero-order valence-corrected chi connectivity index (χ0v) is 20.8. The van der Waals surface area contributed by atoms with Gasteiger partial charge in [0.2, 0.25) is 0 Å². The van der Waals surface area contributed by atoms with Gasteiger partial charge < -0.3 is 18.9 Å². The van der Waals surface area contributed by atoms with E-state index in [0.717, 1.165) is 37.1 Å². The SMILES string of the molecule is CCCCOCC1COC(c2cc(F)c(-c3ccc(C(F)(F)Oc4ccc(F)c(F)c4)c(F)c3)cc2F)OC1. The van der Waals surface area contributed by atoms with Crippen molar-refractivity contribution >= 4 is 0 Å². The first kappa shape index (κ1) is 28.8. The van der Waals surface area contributed by atoms with Crippen molar-refractivity contribution in [2.24, 2.45) is 5.92 Å². The van der Waals surface area contributed by atoms with Gasteiger partial charge in [-0.3, -0.25) is 0 Å². The monoisotopic (exact) mass is 558 g/mol. The number of benzene rings is 3. The molecule has 0 unspecified atom stereocenters. The van der Waals surface area contributed by atoms with Crippen molar-refractivity contribution in [3.63, 3.8) is 0 Å². The second-order valence-corrected chi connectivity index (χ2v) is 9.04. The summed E-state index contributed by atoms with van der Waals surface area (Å²) in [6.45, 7) is 3.49. The van der Waals surface area contributed by atoms with Gasteiger partial charge in [-0.2, -0.15) is 8.78 Å². The fraction of sp³-hybridized carbons (Fsp3) is 0.357. The van der Waals surface area contributed by atoms with Crippen LogP contribution in [-0.4, -0.2) is 26.4 Å². The zero-order valence-electron chi connectivity index (χ0n) is 20.8. The van der Waals surface area contributed by atoms with E-state index in [1.807, 2.05) is 6.92 Å². The van der Waals surface area contributed by atoms with Crippen LogP contribution in [0.25, 0.3) is 11.1 Å². The van der Waals surface area contributed by atoms with Crippen LogP contribution in [0.2, 0.25) is 0 Å². The molecule has 0 aliphatic carbocycles. The highest BCUT2D eigenvalue weighted by atomic mass is 19.3. The summed E-state index contributed by atoms with van der Waals surface area (Å²) in [5, 5.41) is 0. The summed E-state index contributed by atoms with van der Waals surface area (Å²) >= 11 is 0. The summed E-state index contributed by atoms with van der Waals surface area (Å²) < 4.78 is 121. The predicted molar refractivity (Wildman–Crippen MR) is 126 cm³/mol. The Morgan fingerprint density at radius 3 is 2.23 bits per heavy atom. The lowest BCUT2D eigenvalue weighted by Gasteiger charge is -2.29. The molecule has 1 aliphatic heterocycles. The topological polar surface area (TPSA) is 36.9 Å². The van der Waals surface area contributed by atoms with E-state index < -0.39 is 52.8 Å². The molecule has 4 rings (SSSR count). The number of hydrogen-bond donors (Lipinski definition) is 0. The van der Waals surface area contributed by atoms with Gasteiger partial charge in [0.15, 0.2) is 17.9 Å². The van der Waals surface area contributed by atoms with Crippen LogP contribution in [0, 0.1) is 35.0 Å². The molecule has 0 saturated carbocycles. The molecule has 0 radical (unpaired) electrons. The van der Waals surface area contributed by atoms with Crippen LogP contribution < -0.4 is 4.74 Å².